The fourth-order valence-electron chi connectivity index (χ4n) is 3.72. The van der Waals surface area contributed by atoms with Crippen LogP contribution in [0.2, 0.25) is 0 Å². The van der Waals surface area contributed by atoms with Gasteiger partial charge >= 0.3 is 6.18 Å². The van der Waals surface area contributed by atoms with Gasteiger partial charge in [-0.15, -0.1) is 0 Å². The number of nitrogens with one attached hydrogen (secondary N) is 1. The van der Waals surface area contributed by atoms with Crippen molar-refractivity contribution < 1.29 is 27.8 Å². The highest BCUT2D eigenvalue weighted by Crippen LogP contribution is 2.49. The number of fused-ring (bicyclic) bond motifs is 2. The number of ether oxygens (including phenoxy) is 2. The zero-order valence-electron chi connectivity index (χ0n) is 16.9. The van der Waals surface area contributed by atoms with E-state index in [1.807, 2.05) is 6.92 Å². The van der Waals surface area contributed by atoms with Crippen LogP contribution >= 0.6 is 11.8 Å². The van der Waals surface area contributed by atoms with Gasteiger partial charge in [0.25, 0.3) is 0 Å². The average Bonchev–Trinajstić information content (AvgIpc) is 3.20. The number of hydrogen-bond acceptors (Lipinski definition) is 6. The second-order valence-corrected chi connectivity index (χ2v) is 8.20. The van der Waals surface area contributed by atoms with Crippen molar-refractivity contribution in [1.29, 1.82) is 0 Å². The van der Waals surface area contributed by atoms with Gasteiger partial charge in [-0.25, -0.2) is 0 Å². The molecule has 2 atom stereocenters. The number of aliphatic hydroxyl groups is 1. The van der Waals surface area contributed by atoms with Gasteiger partial charge in [0, 0.05) is 28.1 Å². The van der Waals surface area contributed by atoms with Crippen molar-refractivity contribution >= 4 is 28.4 Å². The molecule has 4 rings (SSSR count). The van der Waals surface area contributed by atoms with Crippen LogP contribution in [0.25, 0.3) is 10.9 Å². The van der Waals surface area contributed by atoms with Crippen LogP contribution in [-0.2, 0) is 0 Å². The molecule has 2 unspecified atom stereocenters. The Labute approximate surface area is 181 Å². The number of hydrogen-bond donors (Lipinski definition) is 2. The topological polar surface area (TPSA) is 63.6 Å². The van der Waals surface area contributed by atoms with E-state index in [0.717, 1.165) is 17.5 Å². The number of rotatable bonds is 6. The largest absolute Gasteiger partial charge is 0.454 e. The molecule has 0 saturated heterocycles. The summed E-state index contributed by atoms with van der Waals surface area (Å²) < 4.78 is 53.6. The summed E-state index contributed by atoms with van der Waals surface area (Å²) >= 11 is 0.913. The maximum Gasteiger partial charge on any atom is 0.420 e. The quantitative estimate of drug-likeness (QED) is 0.546. The molecule has 2 heterocycles. The standard InChI is InChI=1S/C22H21F3N2O3S/c1-13-9-10-14-16(26-13)6-4-7-17(14)27-20(21(28,11-31-2)22(23,24)25)15-5-3-8-18-19(15)30-12-29-18/h3-10,20,27-28H,11-12H2,1-2H3. The van der Waals surface area contributed by atoms with Crippen LogP contribution in [0.5, 0.6) is 11.5 Å². The number of para-hydroxylation sites is 1. The zero-order valence-corrected chi connectivity index (χ0v) is 17.7. The Morgan fingerprint density at radius 2 is 1.90 bits per heavy atom. The van der Waals surface area contributed by atoms with Gasteiger partial charge in [0.15, 0.2) is 17.1 Å². The number of aryl methyl sites for hydroxylation is 1. The van der Waals surface area contributed by atoms with Gasteiger partial charge in [0.2, 0.25) is 6.79 Å². The van der Waals surface area contributed by atoms with Crippen molar-refractivity contribution in [1.82, 2.24) is 4.98 Å². The van der Waals surface area contributed by atoms with Crippen LogP contribution < -0.4 is 14.8 Å². The van der Waals surface area contributed by atoms with Gasteiger partial charge < -0.3 is 19.9 Å². The van der Waals surface area contributed by atoms with E-state index in [1.165, 1.54) is 12.3 Å². The maximum absolute atomic E-state index is 14.3. The lowest BCUT2D eigenvalue weighted by Gasteiger charge is -2.39. The molecule has 0 saturated carbocycles. The molecule has 0 fully saturated rings. The van der Waals surface area contributed by atoms with Gasteiger partial charge in [-0.1, -0.05) is 18.2 Å². The molecule has 9 heteroatoms. The van der Waals surface area contributed by atoms with E-state index in [4.69, 9.17) is 9.47 Å². The molecule has 5 nitrogen and oxygen atoms in total. The first-order valence-electron chi connectivity index (χ1n) is 9.54. The summed E-state index contributed by atoms with van der Waals surface area (Å²) in [7, 11) is 0. The van der Waals surface area contributed by atoms with E-state index in [0.29, 0.717) is 22.3 Å². The third kappa shape index (κ3) is 3.87. The molecule has 0 bridgehead atoms. The molecule has 164 valence electrons. The van der Waals surface area contributed by atoms with E-state index in [9.17, 15) is 18.3 Å². The van der Waals surface area contributed by atoms with Crippen molar-refractivity contribution in [3.63, 3.8) is 0 Å². The first-order valence-corrected chi connectivity index (χ1v) is 10.9. The molecule has 1 aliphatic rings. The number of aromatic nitrogens is 1. The highest BCUT2D eigenvalue weighted by Gasteiger charge is 2.59. The van der Waals surface area contributed by atoms with Gasteiger partial charge in [-0.3, -0.25) is 4.98 Å². The summed E-state index contributed by atoms with van der Waals surface area (Å²) in [5, 5.41) is 14.7. The van der Waals surface area contributed by atoms with Gasteiger partial charge in [0.05, 0.1) is 11.6 Å². The second kappa shape index (κ2) is 8.12. The molecule has 0 aliphatic carbocycles. The van der Waals surface area contributed by atoms with Gasteiger partial charge in [-0.05, 0) is 43.5 Å². The first kappa shape index (κ1) is 21.6. The lowest BCUT2D eigenvalue weighted by atomic mass is 9.88. The predicted molar refractivity (Wildman–Crippen MR) is 115 cm³/mol. The van der Waals surface area contributed by atoms with E-state index < -0.39 is 23.6 Å². The van der Waals surface area contributed by atoms with E-state index in [1.54, 1.807) is 42.5 Å². The summed E-state index contributed by atoms with van der Waals surface area (Å²) in [6.07, 6.45) is -3.39. The molecule has 1 aliphatic heterocycles. The molecule has 31 heavy (non-hydrogen) atoms. The lowest BCUT2D eigenvalue weighted by molar-refractivity contribution is -0.256. The van der Waals surface area contributed by atoms with Gasteiger partial charge in [-0.2, -0.15) is 24.9 Å². The number of anilines is 1. The molecule has 2 aromatic carbocycles. The molecular formula is C22H21F3N2O3S. The average molecular weight is 450 g/mol. The summed E-state index contributed by atoms with van der Waals surface area (Å²) in [5.41, 5.74) is -1.05. The first-order chi connectivity index (χ1) is 14.7. The zero-order chi connectivity index (χ0) is 22.2. The summed E-state index contributed by atoms with van der Waals surface area (Å²) in [4.78, 5) is 4.45. The third-order valence-electron chi connectivity index (χ3n) is 5.24. The summed E-state index contributed by atoms with van der Waals surface area (Å²) in [6, 6.07) is 11.9. The summed E-state index contributed by atoms with van der Waals surface area (Å²) in [5.74, 6) is -0.0351. The van der Waals surface area contributed by atoms with Crippen LogP contribution in [-0.4, -0.2) is 40.7 Å². The van der Waals surface area contributed by atoms with Crippen molar-refractivity contribution in [2.75, 3.05) is 24.1 Å². The molecule has 1 aromatic heterocycles. The molecule has 2 N–H and O–H groups in total. The van der Waals surface area contributed by atoms with Crippen molar-refractivity contribution in [2.24, 2.45) is 0 Å². The van der Waals surface area contributed by atoms with Gasteiger partial charge in [0.1, 0.15) is 0 Å². The Morgan fingerprint density at radius 1 is 1.13 bits per heavy atom. The smallest absolute Gasteiger partial charge is 0.420 e. The third-order valence-corrected chi connectivity index (χ3v) is 5.97. The Kier molecular flexibility index (Phi) is 5.65. The van der Waals surface area contributed by atoms with E-state index in [2.05, 4.69) is 10.3 Å². The Hall–Kier alpha value is -2.65. The van der Waals surface area contributed by atoms with Crippen molar-refractivity contribution in [2.45, 2.75) is 24.7 Å². The minimum atomic E-state index is -4.91. The number of nitrogens with zero attached hydrogens (tertiary/aromatic N) is 1. The minimum Gasteiger partial charge on any atom is -0.454 e. The van der Waals surface area contributed by atoms with Crippen LogP contribution in [0.1, 0.15) is 17.3 Å². The lowest BCUT2D eigenvalue weighted by Crippen LogP contribution is -2.54. The second-order valence-electron chi connectivity index (χ2n) is 7.34. The number of halogens is 3. The predicted octanol–water partition coefficient (Wildman–Crippen LogP) is 5.08. The molecule has 0 spiro atoms. The number of benzene rings is 2. The van der Waals surface area contributed by atoms with Crippen molar-refractivity contribution in [3.8, 4) is 11.5 Å². The molecular weight excluding hydrogens is 429 g/mol. The van der Waals surface area contributed by atoms with Crippen LogP contribution in [0.4, 0.5) is 18.9 Å². The number of alkyl halides is 3. The molecule has 0 radical (unpaired) electrons. The molecule has 0 amide bonds. The van der Waals surface area contributed by atoms with Crippen LogP contribution in [0, 0.1) is 6.92 Å². The van der Waals surface area contributed by atoms with Crippen LogP contribution in [0.15, 0.2) is 48.5 Å². The highest BCUT2D eigenvalue weighted by atomic mass is 32.2. The van der Waals surface area contributed by atoms with E-state index >= 15 is 0 Å². The normalized spacial score (nSPS) is 16.2. The molecule has 3 aromatic rings. The SMILES string of the molecule is CSCC(O)(C(Nc1cccc2nc(C)ccc12)c1cccc2c1OCO2)C(F)(F)F. The summed E-state index contributed by atoms with van der Waals surface area (Å²) in [6.45, 7) is 1.75. The number of pyridine rings is 1. The van der Waals surface area contributed by atoms with Crippen molar-refractivity contribution in [3.05, 3.63) is 59.8 Å². The fourth-order valence-corrected chi connectivity index (χ4v) is 4.49. The fraction of sp³-hybridized carbons (Fsp3) is 0.318. The monoisotopic (exact) mass is 450 g/mol. The minimum absolute atomic E-state index is 0.0937. The van der Waals surface area contributed by atoms with Crippen LogP contribution in [0.3, 0.4) is 0 Å². The Morgan fingerprint density at radius 3 is 2.65 bits per heavy atom. The maximum atomic E-state index is 14.3. The number of thioether (sulfide) groups is 1. The Bertz CT molecular complexity index is 1110. The highest BCUT2D eigenvalue weighted by molar-refractivity contribution is 7.98. The Balaban J connectivity index is 1.89. The van der Waals surface area contributed by atoms with E-state index in [-0.39, 0.29) is 18.1 Å².